The number of anilines is 2. The first-order valence-electron chi connectivity index (χ1n) is 3.27. The molecule has 0 saturated carbocycles. The van der Waals surface area contributed by atoms with E-state index in [1.54, 1.807) is 0 Å². The first-order valence-corrected chi connectivity index (χ1v) is 4.06. The first kappa shape index (κ1) is 10.9. The zero-order valence-electron chi connectivity index (χ0n) is 6.60. The molecule has 0 aromatic carbocycles. The third-order valence-electron chi connectivity index (χ3n) is 1.22. The highest BCUT2D eigenvalue weighted by molar-refractivity contribution is 9.10. The monoisotopic (exact) mass is 271 g/mol. The summed E-state index contributed by atoms with van der Waals surface area (Å²) in [7, 11) is 0. The van der Waals surface area contributed by atoms with Gasteiger partial charge in [0.05, 0.1) is 4.47 Å². The van der Waals surface area contributed by atoms with Gasteiger partial charge in [-0.15, -0.1) is 13.2 Å². The topological polar surface area (TPSA) is 74.2 Å². The van der Waals surface area contributed by atoms with Gasteiger partial charge in [-0.1, -0.05) is 0 Å². The van der Waals surface area contributed by atoms with Gasteiger partial charge in [-0.25, -0.2) is 4.98 Å². The van der Waals surface area contributed by atoms with Crippen LogP contribution >= 0.6 is 15.9 Å². The molecule has 1 rings (SSSR count). The Kier molecular flexibility index (Phi) is 2.74. The maximum atomic E-state index is 11.8. The Morgan fingerprint density at radius 2 is 1.86 bits per heavy atom. The Morgan fingerprint density at radius 3 is 2.36 bits per heavy atom. The fraction of sp³-hybridized carbons (Fsp3) is 0.167. The smallest absolute Gasteiger partial charge is 0.402 e. The lowest BCUT2D eigenvalue weighted by Gasteiger charge is -2.11. The summed E-state index contributed by atoms with van der Waals surface area (Å²) in [5, 5.41) is 0. The van der Waals surface area contributed by atoms with Crippen LogP contribution in [0.15, 0.2) is 10.5 Å². The number of rotatable bonds is 1. The summed E-state index contributed by atoms with van der Waals surface area (Å²) in [5.74, 6) is -1.00. The molecule has 8 heteroatoms. The number of hydrogen-bond acceptors (Lipinski definition) is 4. The largest absolute Gasteiger partial charge is 0.573 e. The van der Waals surface area contributed by atoms with Gasteiger partial charge in [0.25, 0.3) is 0 Å². The Bertz CT molecular complexity index is 355. The Balaban J connectivity index is 3.04. The van der Waals surface area contributed by atoms with Gasteiger partial charge >= 0.3 is 6.36 Å². The summed E-state index contributed by atoms with van der Waals surface area (Å²) < 4.78 is 39.2. The van der Waals surface area contributed by atoms with E-state index in [1.807, 2.05) is 0 Å². The fourth-order valence-corrected chi connectivity index (χ4v) is 1.00. The van der Waals surface area contributed by atoms with E-state index in [0.717, 1.165) is 6.07 Å². The van der Waals surface area contributed by atoms with Gasteiger partial charge < -0.3 is 16.2 Å². The Hall–Kier alpha value is -1.18. The molecule has 0 atom stereocenters. The third-order valence-corrected chi connectivity index (χ3v) is 1.86. The van der Waals surface area contributed by atoms with Crippen LogP contribution in [0.5, 0.6) is 5.75 Å². The van der Waals surface area contributed by atoms with E-state index >= 15 is 0 Å². The molecule has 78 valence electrons. The molecule has 0 spiro atoms. The van der Waals surface area contributed by atoms with Gasteiger partial charge in [-0.3, -0.25) is 0 Å². The first-order chi connectivity index (χ1) is 6.29. The minimum Gasteiger partial charge on any atom is -0.402 e. The summed E-state index contributed by atoms with van der Waals surface area (Å²) in [6, 6.07) is 1.01. The number of nitrogens with two attached hydrogens (primary N) is 2. The summed E-state index contributed by atoms with van der Waals surface area (Å²) in [4.78, 5) is 3.44. The van der Waals surface area contributed by atoms with Crippen molar-refractivity contribution >= 4 is 27.6 Å². The fourth-order valence-electron chi connectivity index (χ4n) is 0.708. The molecule has 0 unspecified atom stereocenters. The molecule has 0 aliphatic heterocycles. The molecule has 0 aliphatic rings. The second-order valence-electron chi connectivity index (χ2n) is 2.29. The molecule has 0 radical (unpaired) electrons. The van der Waals surface area contributed by atoms with Crippen LogP contribution in [0.3, 0.4) is 0 Å². The molecule has 1 aromatic heterocycles. The number of alkyl halides is 3. The predicted octanol–water partition coefficient (Wildman–Crippen LogP) is 1.91. The lowest BCUT2D eigenvalue weighted by atomic mass is 10.4. The van der Waals surface area contributed by atoms with Crippen molar-refractivity contribution in [3.63, 3.8) is 0 Å². The summed E-state index contributed by atoms with van der Waals surface area (Å²) in [6.07, 6.45) is -4.80. The number of halogens is 4. The molecule has 0 bridgehead atoms. The van der Waals surface area contributed by atoms with Crippen molar-refractivity contribution in [3.05, 3.63) is 10.5 Å². The molecule has 4 nitrogen and oxygen atoms in total. The average molecular weight is 272 g/mol. The van der Waals surface area contributed by atoms with Crippen molar-refractivity contribution in [2.24, 2.45) is 0 Å². The molecule has 0 fully saturated rings. The second kappa shape index (κ2) is 3.52. The number of nitrogens with zero attached hydrogens (tertiary/aromatic N) is 1. The lowest BCUT2D eigenvalue weighted by molar-refractivity contribution is -0.274. The maximum absolute atomic E-state index is 11.8. The summed E-state index contributed by atoms with van der Waals surface area (Å²) in [6.45, 7) is 0. The quantitative estimate of drug-likeness (QED) is 0.818. The number of aromatic nitrogens is 1. The van der Waals surface area contributed by atoms with Crippen molar-refractivity contribution in [3.8, 4) is 5.75 Å². The standard InChI is InChI=1S/C6H5BrF3N3O/c7-2-1-3(14-6(8,9)10)5(12)13-4(2)11/h1H,(H4,11,12,13). The van der Waals surface area contributed by atoms with Crippen molar-refractivity contribution in [2.45, 2.75) is 6.36 Å². The van der Waals surface area contributed by atoms with E-state index in [1.165, 1.54) is 0 Å². The second-order valence-corrected chi connectivity index (χ2v) is 3.14. The van der Waals surface area contributed by atoms with Gasteiger partial charge in [0.15, 0.2) is 11.6 Å². The summed E-state index contributed by atoms with van der Waals surface area (Å²) >= 11 is 2.90. The Morgan fingerprint density at radius 1 is 1.29 bits per heavy atom. The number of nitrogen functional groups attached to an aromatic ring is 2. The SMILES string of the molecule is Nc1nc(N)c(OC(F)(F)F)cc1Br. The molecule has 0 aliphatic carbocycles. The predicted molar refractivity (Wildman–Crippen MR) is 47.4 cm³/mol. The van der Waals surface area contributed by atoms with Crippen molar-refractivity contribution < 1.29 is 17.9 Å². The van der Waals surface area contributed by atoms with Crippen LogP contribution in [-0.4, -0.2) is 11.3 Å². The molecular weight excluding hydrogens is 267 g/mol. The molecule has 0 saturated heterocycles. The number of hydrogen-bond donors (Lipinski definition) is 2. The van der Waals surface area contributed by atoms with E-state index in [4.69, 9.17) is 11.5 Å². The van der Waals surface area contributed by atoms with Gasteiger partial charge in [0.2, 0.25) is 0 Å². The van der Waals surface area contributed by atoms with Crippen LogP contribution in [-0.2, 0) is 0 Å². The zero-order valence-corrected chi connectivity index (χ0v) is 8.19. The third kappa shape index (κ3) is 2.66. The average Bonchev–Trinajstić information content (AvgIpc) is 1.97. The van der Waals surface area contributed by atoms with E-state index < -0.39 is 17.9 Å². The zero-order chi connectivity index (χ0) is 10.9. The minimum atomic E-state index is -4.80. The normalized spacial score (nSPS) is 11.4. The summed E-state index contributed by atoms with van der Waals surface area (Å²) in [5.41, 5.74) is 10.4. The van der Waals surface area contributed by atoms with E-state index in [9.17, 15) is 13.2 Å². The van der Waals surface area contributed by atoms with Crippen LogP contribution in [0.2, 0.25) is 0 Å². The van der Waals surface area contributed by atoms with Gasteiger partial charge in [0.1, 0.15) is 5.82 Å². The molecular formula is C6H5BrF3N3O. The van der Waals surface area contributed by atoms with Gasteiger partial charge in [-0.05, 0) is 15.9 Å². The van der Waals surface area contributed by atoms with Gasteiger partial charge in [-0.2, -0.15) is 0 Å². The lowest BCUT2D eigenvalue weighted by Crippen LogP contribution is -2.18. The van der Waals surface area contributed by atoms with Crippen LogP contribution in [0, 0.1) is 0 Å². The van der Waals surface area contributed by atoms with Crippen LogP contribution in [0.4, 0.5) is 24.8 Å². The molecule has 0 amide bonds. The molecule has 1 heterocycles. The van der Waals surface area contributed by atoms with Crippen LogP contribution in [0.25, 0.3) is 0 Å². The number of ether oxygens (including phenoxy) is 1. The highest BCUT2D eigenvalue weighted by Crippen LogP contribution is 2.31. The van der Waals surface area contributed by atoms with E-state index in [-0.39, 0.29) is 10.3 Å². The van der Waals surface area contributed by atoms with Crippen molar-refractivity contribution in [2.75, 3.05) is 11.5 Å². The highest BCUT2D eigenvalue weighted by atomic mass is 79.9. The van der Waals surface area contributed by atoms with Gasteiger partial charge in [0, 0.05) is 6.07 Å². The van der Waals surface area contributed by atoms with Crippen molar-refractivity contribution in [1.29, 1.82) is 0 Å². The van der Waals surface area contributed by atoms with E-state index in [2.05, 4.69) is 25.7 Å². The minimum absolute atomic E-state index is 0.00276. The molecule has 4 N–H and O–H groups in total. The molecule has 14 heavy (non-hydrogen) atoms. The maximum Gasteiger partial charge on any atom is 0.573 e. The van der Waals surface area contributed by atoms with Crippen LogP contribution in [0.1, 0.15) is 0 Å². The molecule has 1 aromatic rings. The number of pyridine rings is 1. The van der Waals surface area contributed by atoms with Crippen molar-refractivity contribution in [1.82, 2.24) is 4.98 Å². The highest BCUT2D eigenvalue weighted by Gasteiger charge is 2.32. The van der Waals surface area contributed by atoms with E-state index in [0.29, 0.717) is 0 Å². The Labute approximate surface area is 85.2 Å². The van der Waals surface area contributed by atoms with Crippen LogP contribution < -0.4 is 16.2 Å².